The van der Waals surface area contributed by atoms with E-state index in [1.807, 2.05) is 30.3 Å². The molecule has 0 unspecified atom stereocenters. The summed E-state index contributed by atoms with van der Waals surface area (Å²) in [5.41, 5.74) is 1.08. The van der Waals surface area contributed by atoms with Gasteiger partial charge in [0.05, 0.1) is 0 Å². The molecule has 0 amide bonds. The number of benzene rings is 1. The van der Waals surface area contributed by atoms with Crippen LogP contribution in [0.25, 0.3) is 0 Å². The molecule has 0 bridgehead atoms. The molecule has 12 heavy (non-hydrogen) atoms. The first-order valence-corrected chi connectivity index (χ1v) is 3.98. The average Bonchev–Trinajstić information content (AvgIpc) is 2.03. The predicted molar refractivity (Wildman–Crippen MR) is 51.2 cm³/mol. The molecule has 0 aliphatic rings. The van der Waals surface area contributed by atoms with Crippen molar-refractivity contribution < 1.29 is 34.3 Å². The van der Waals surface area contributed by atoms with Crippen LogP contribution in [0.2, 0.25) is 0 Å². The Morgan fingerprint density at radius 2 is 1.92 bits per heavy atom. The van der Waals surface area contributed by atoms with Crippen LogP contribution < -0.4 is 29.6 Å². The van der Waals surface area contributed by atoms with Gasteiger partial charge < -0.3 is 29.6 Å². The van der Waals surface area contributed by atoms with Gasteiger partial charge in [0.15, 0.2) is 0 Å². The topological polar surface area (TPSA) is 9.23 Å². The summed E-state index contributed by atoms with van der Waals surface area (Å²) in [6.45, 7) is 0.475. The molecule has 0 N–H and O–H groups in total. The van der Waals surface area contributed by atoms with Crippen LogP contribution >= 0.6 is 12.2 Å². The molecule has 1 nitrogen and oxygen atoms in total. The Hall–Kier alpha value is 0.330. The first-order valence-electron chi connectivity index (χ1n) is 3.17. The van der Waals surface area contributed by atoms with E-state index in [0.29, 0.717) is 6.61 Å². The van der Waals surface area contributed by atoms with Crippen molar-refractivity contribution in [1.82, 2.24) is 0 Å². The second-order valence-corrected chi connectivity index (χ2v) is 3.02. The fourth-order valence-corrected chi connectivity index (χ4v) is 0.834. The monoisotopic (exact) mass is 206 g/mol. The van der Waals surface area contributed by atoms with E-state index in [9.17, 15) is 0 Å². The number of hydrogen-bond donors (Lipinski definition) is 0. The molecule has 0 heterocycles. The van der Waals surface area contributed by atoms with Gasteiger partial charge in [-0.15, -0.1) is 0 Å². The maximum absolute atomic E-state index is 4.97. The minimum absolute atomic E-state index is 0. The van der Waals surface area contributed by atoms with E-state index >= 15 is 0 Å². The van der Waals surface area contributed by atoms with E-state index in [2.05, 4.69) is 24.8 Å². The summed E-state index contributed by atoms with van der Waals surface area (Å²) in [5, 5.41) is 0. The van der Waals surface area contributed by atoms with Crippen LogP contribution in [0.4, 0.5) is 0 Å². The minimum Gasteiger partial charge on any atom is -0.509 e. The molecule has 4 heteroatoms. The van der Waals surface area contributed by atoms with Crippen molar-refractivity contribution in [2.45, 2.75) is 6.61 Å². The van der Waals surface area contributed by atoms with E-state index < -0.39 is 0 Å². The van der Waals surface area contributed by atoms with Crippen molar-refractivity contribution in [1.29, 1.82) is 0 Å². The molecule has 0 aromatic heterocycles. The Bertz CT molecular complexity index is 238. The predicted octanol–water partition coefficient (Wildman–Crippen LogP) is -0.961. The van der Waals surface area contributed by atoms with Crippen molar-refractivity contribution in [3.63, 3.8) is 0 Å². The van der Waals surface area contributed by atoms with Gasteiger partial charge in [0.25, 0.3) is 0 Å². The number of hydrogen-bond acceptors (Lipinski definition) is 3. The first kappa shape index (κ1) is 12.3. The van der Waals surface area contributed by atoms with Gasteiger partial charge in [-0.25, -0.2) is 0 Å². The third-order valence-electron chi connectivity index (χ3n) is 1.20. The van der Waals surface area contributed by atoms with E-state index in [4.69, 9.17) is 4.74 Å². The summed E-state index contributed by atoms with van der Waals surface area (Å²) < 4.78 is 5.15. The summed E-state index contributed by atoms with van der Waals surface area (Å²) in [5.74, 6) is 0. The van der Waals surface area contributed by atoms with Crippen molar-refractivity contribution in [3.05, 3.63) is 35.9 Å². The minimum atomic E-state index is 0. The van der Waals surface area contributed by atoms with Crippen molar-refractivity contribution in [2.75, 3.05) is 0 Å². The largest absolute Gasteiger partial charge is 1.00 e. The van der Waals surface area contributed by atoms with Crippen LogP contribution in [-0.2, 0) is 24.0 Å². The fraction of sp³-hybridized carbons (Fsp3) is 0.125. The second kappa shape index (κ2) is 6.80. The maximum Gasteiger partial charge on any atom is 1.00 e. The smallest absolute Gasteiger partial charge is 0.509 e. The molecule has 1 rings (SSSR count). The molecule has 0 saturated carbocycles. The fourth-order valence-electron chi connectivity index (χ4n) is 0.716. The van der Waals surface area contributed by atoms with Crippen LogP contribution in [0.15, 0.2) is 30.3 Å². The molecule has 0 radical (unpaired) electrons. The van der Waals surface area contributed by atoms with Crippen LogP contribution in [0, 0.1) is 0 Å². The van der Waals surface area contributed by atoms with Gasteiger partial charge in [-0.05, 0) is 5.56 Å². The van der Waals surface area contributed by atoms with Crippen LogP contribution in [0.5, 0.6) is 0 Å². The van der Waals surface area contributed by atoms with Crippen molar-refractivity contribution >= 4 is 29.2 Å². The quantitative estimate of drug-likeness (QED) is 0.350. The third kappa shape index (κ3) is 5.06. The summed E-state index contributed by atoms with van der Waals surface area (Å²) >= 11 is 9.17. The van der Waals surface area contributed by atoms with Crippen molar-refractivity contribution in [3.8, 4) is 0 Å². The zero-order valence-electron chi connectivity index (χ0n) is 6.82. The molecule has 1 aromatic rings. The molecule has 0 spiro atoms. The van der Waals surface area contributed by atoms with Gasteiger partial charge in [0.2, 0.25) is 0 Å². The van der Waals surface area contributed by atoms with Gasteiger partial charge in [-0.1, -0.05) is 30.3 Å². The Kier molecular flexibility index (Phi) is 6.99. The molecular weight excluding hydrogens is 199 g/mol. The molecule has 0 aliphatic heterocycles. The zero-order valence-corrected chi connectivity index (χ0v) is 10.5. The number of rotatable bonds is 2. The van der Waals surface area contributed by atoms with E-state index in [0.717, 1.165) is 5.56 Å². The van der Waals surface area contributed by atoms with Gasteiger partial charge in [0.1, 0.15) is 6.61 Å². The summed E-state index contributed by atoms with van der Waals surface area (Å²) in [6, 6.07) is 9.78. The maximum atomic E-state index is 4.97. The molecular formula is C8H7NaOS2. The van der Waals surface area contributed by atoms with E-state index in [1.54, 1.807) is 0 Å². The summed E-state index contributed by atoms with van der Waals surface area (Å²) in [6.07, 6.45) is 0. The Balaban J connectivity index is 0.00000121. The number of thiocarbonyl (C=S) groups is 1. The first-order chi connectivity index (χ1) is 5.29. The molecule has 58 valence electrons. The van der Waals surface area contributed by atoms with E-state index in [1.165, 1.54) is 0 Å². The summed E-state index contributed by atoms with van der Waals surface area (Å²) in [4.78, 5) is 0. The normalized spacial score (nSPS) is 8.33. The van der Waals surface area contributed by atoms with E-state index in [-0.39, 0.29) is 33.9 Å². The van der Waals surface area contributed by atoms with Gasteiger partial charge >= 0.3 is 29.6 Å². The standard InChI is InChI=1S/C8H8OS2.Na/c10-8(11)9-6-7-4-2-1-3-5-7;/h1-5H,6H2,(H,10,11);/q;+1/p-1. The van der Waals surface area contributed by atoms with Gasteiger partial charge in [-0.3, -0.25) is 0 Å². The Morgan fingerprint density at radius 1 is 1.33 bits per heavy atom. The van der Waals surface area contributed by atoms with Gasteiger partial charge in [0, 0.05) is 4.38 Å². The van der Waals surface area contributed by atoms with Crippen LogP contribution in [0.1, 0.15) is 5.56 Å². The van der Waals surface area contributed by atoms with Gasteiger partial charge in [-0.2, -0.15) is 0 Å². The Labute approximate surface area is 105 Å². The molecule has 0 aliphatic carbocycles. The van der Waals surface area contributed by atoms with Crippen molar-refractivity contribution in [2.24, 2.45) is 0 Å². The third-order valence-corrected chi connectivity index (χ3v) is 1.44. The average molecular weight is 206 g/mol. The molecule has 0 atom stereocenters. The van der Waals surface area contributed by atoms with Crippen LogP contribution in [0.3, 0.4) is 0 Å². The molecule has 1 aromatic carbocycles. The molecule has 0 fully saturated rings. The summed E-state index contributed by atoms with van der Waals surface area (Å²) in [7, 11) is 0. The SMILES string of the molecule is S=C([S-])OCc1ccccc1.[Na+]. The molecule has 0 saturated heterocycles. The zero-order chi connectivity index (χ0) is 8.10. The Morgan fingerprint density at radius 3 is 2.42 bits per heavy atom. The second-order valence-electron chi connectivity index (χ2n) is 2.02. The number of ether oxygens (including phenoxy) is 1. The van der Waals surface area contributed by atoms with Crippen LogP contribution in [-0.4, -0.2) is 4.38 Å².